The Hall–Kier alpha value is -1.62. The summed E-state index contributed by atoms with van der Waals surface area (Å²) in [7, 11) is 0. The maximum Gasteiger partial charge on any atom is 0.169 e. The molecule has 2 rings (SSSR count). The average molecular weight is 340 g/mol. The summed E-state index contributed by atoms with van der Waals surface area (Å²) in [5, 5.41) is 13.8. The molecule has 0 atom stereocenters. The van der Waals surface area contributed by atoms with E-state index in [1.807, 2.05) is 29.1 Å². The van der Waals surface area contributed by atoms with Crippen LogP contribution in [0.25, 0.3) is 0 Å². The van der Waals surface area contributed by atoms with Crippen LogP contribution in [-0.4, -0.2) is 17.9 Å². The molecule has 0 bridgehead atoms. The zero-order valence-corrected chi connectivity index (χ0v) is 13.5. The quantitative estimate of drug-likeness (QED) is 0.478. The lowest BCUT2D eigenvalue weighted by Gasteiger charge is -2.04. The van der Waals surface area contributed by atoms with E-state index >= 15 is 0 Å². The normalized spacial score (nSPS) is 11.0. The van der Waals surface area contributed by atoms with Gasteiger partial charge in [0.25, 0.3) is 0 Å². The minimum atomic E-state index is 0.189. The van der Waals surface area contributed by atoms with Gasteiger partial charge in [-0.2, -0.15) is 0 Å². The van der Waals surface area contributed by atoms with Gasteiger partial charge in [0.15, 0.2) is 18.9 Å². The summed E-state index contributed by atoms with van der Waals surface area (Å²) >= 11 is 12.1. The first-order valence-electron chi connectivity index (χ1n) is 6.89. The fourth-order valence-electron chi connectivity index (χ4n) is 1.83. The molecule has 116 valence electrons. The molecule has 1 aromatic heterocycles. The SMILES string of the molecule is OCCC[n+]1ccc(/C=N/OCc2c(Cl)cccc2Cl)cc1. The number of aryl methyl sites for hydroxylation is 1. The lowest BCUT2D eigenvalue weighted by Crippen LogP contribution is -2.33. The average Bonchev–Trinajstić information content (AvgIpc) is 2.53. The molecule has 0 fully saturated rings. The highest BCUT2D eigenvalue weighted by atomic mass is 35.5. The molecule has 0 amide bonds. The van der Waals surface area contributed by atoms with Gasteiger partial charge in [-0.05, 0) is 12.1 Å². The predicted molar refractivity (Wildman–Crippen MR) is 87.2 cm³/mol. The first kappa shape index (κ1) is 16.7. The van der Waals surface area contributed by atoms with Crippen molar-refractivity contribution in [2.45, 2.75) is 19.6 Å². The van der Waals surface area contributed by atoms with Gasteiger partial charge in [0.1, 0.15) is 6.61 Å². The number of oxime groups is 1. The largest absolute Gasteiger partial charge is 0.396 e. The van der Waals surface area contributed by atoms with Crippen molar-refractivity contribution < 1.29 is 14.5 Å². The van der Waals surface area contributed by atoms with Gasteiger partial charge in [0.05, 0.1) is 6.21 Å². The van der Waals surface area contributed by atoms with E-state index in [1.165, 1.54) is 0 Å². The van der Waals surface area contributed by atoms with Gasteiger partial charge in [-0.3, -0.25) is 0 Å². The van der Waals surface area contributed by atoms with Crippen molar-refractivity contribution in [2.24, 2.45) is 5.16 Å². The minimum absolute atomic E-state index is 0.189. The Morgan fingerprint density at radius 1 is 1.14 bits per heavy atom. The van der Waals surface area contributed by atoms with Crippen molar-refractivity contribution in [3.05, 3.63) is 63.9 Å². The zero-order valence-electron chi connectivity index (χ0n) is 12.0. The number of aliphatic hydroxyl groups is 1. The first-order valence-corrected chi connectivity index (χ1v) is 7.64. The van der Waals surface area contributed by atoms with Crippen molar-refractivity contribution in [2.75, 3.05) is 6.61 Å². The number of pyridine rings is 1. The number of hydrogen-bond donors (Lipinski definition) is 1. The van der Waals surface area contributed by atoms with Gasteiger partial charge in [-0.15, -0.1) is 0 Å². The Bertz CT molecular complexity index is 610. The summed E-state index contributed by atoms with van der Waals surface area (Å²) in [5.41, 5.74) is 1.64. The van der Waals surface area contributed by atoms with Gasteiger partial charge in [0.2, 0.25) is 0 Å². The Balaban J connectivity index is 1.87. The molecule has 0 aliphatic carbocycles. The summed E-state index contributed by atoms with van der Waals surface area (Å²) in [6.45, 7) is 1.20. The number of rotatable bonds is 7. The lowest BCUT2D eigenvalue weighted by atomic mass is 10.2. The highest BCUT2D eigenvalue weighted by molar-refractivity contribution is 6.35. The smallest absolute Gasteiger partial charge is 0.169 e. The molecule has 0 saturated heterocycles. The third-order valence-corrected chi connectivity index (χ3v) is 3.75. The van der Waals surface area contributed by atoms with Crippen LogP contribution in [-0.2, 0) is 18.0 Å². The van der Waals surface area contributed by atoms with Crippen LogP contribution >= 0.6 is 23.2 Å². The number of nitrogens with zero attached hydrogens (tertiary/aromatic N) is 2. The number of aliphatic hydroxyl groups excluding tert-OH is 1. The summed E-state index contributed by atoms with van der Waals surface area (Å²) < 4.78 is 2.00. The molecular formula is C16H17Cl2N2O2+. The standard InChI is InChI=1S/C16H17Cl2N2O2/c17-15-3-1-4-16(18)14(15)12-22-19-11-13-5-8-20(9-6-13)7-2-10-21/h1,3-6,8-9,11,21H,2,7,10,12H2/q+1/b19-11+. The molecule has 6 heteroatoms. The highest BCUT2D eigenvalue weighted by Gasteiger charge is 2.05. The summed E-state index contributed by atoms with van der Waals surface area (Å²) in [4.78, 5) is 5.24. The van der Waals surface area contributed by atoms with Gasteiger partial charge in [-0.1, -0.05) is 34.4 Å². The molecule has 2 aromatic rings. The second-order valence-corrected chi connectivity index (χ2v) is 5.47. The van der Waals surface area contributed by atoms with Crippen LogP contribution < -0.4 is 4.57 Å². The summed E-state index contributed by atoms with van der Waals surface area (Å²) in [6, 6.07) is 9.16. The van der Waals surface area contributed by atoms with Crippen LogP contribution in [0.1, 0.15) is 17.5 Å². The van der Waals surface area contributed by atoms with Gasteiger partial charge in [-0.25, -0.2) is 4.57 Å². The van der Waals surface area contributed by atoms with E-state index in [1.54, 1.807) is 24.4 Å². The Morgan fingerprint density at radius 3 is 2.45 bits per heavy atom. The molecule has 0 saturated carbocycles. The Kier molecular flexibility index (Phi) is 6.65. The Morgan fingerprint density at radius 2 is 1.82 bits per heavy atom. The zero-order chi connectivity index (χ0) is 15.8. The number of hydrogen-bond acceptors (Lipinski definition) is 3. The fourth-order valence-corrected chi connectivity index (χ4v) is 2.33. The van der Waals surface area contributed by atoms with E-state index in [9.17, 15) is 0 Å². The maximum absolute atomic E-state index is 8.79. The van der Waals surface area contributed by atoms with E-state index in [0.717, 1.165) is 24.1 Å². The van der Waals surface area contributed by atoms with Gasteiger partial charge < -0.3 is 9.94 Å². The predicted octanol–water partition coefficient (Wildman–Crippen LogP) is 3.21. The van der Waals surface area contributed by atoms with Crippen molar-refractivity contribution in [3.63, 3.8) is 0 Å². The molecule has 0 unspecified atom stereocenters. The second-order valence-electron chi connectivity index (χ2n) is 4.65. The van der Waals surface area contributed by atoms with Crippen molar-refractivity contribution in [3.8, 4) is 0 Å². The van der Waals surface area contributed by atoms with Crippen LogP contribution in [0.4, 0.5) is 0 Å². The minimum Gasteiger partial charge on any atom is -0.396 e. The van der Waals surface area contributed by atoms with Crippen LogP contribution in [0, 0.1) is 0 Å². The van der Waals surface area contributed by atoms with Gasteiger partial charge in [0, 0.05) is 46.3 Å². The highest BCUT2D eigenvalue weighted by Crippen LogP contribution is 2.24. The maximum atomic E-state index is 8.79. The van der Waals surface area contributed by atoms with E-state index in [-0.39, 0.29) is 13.2 Å². The number of benzene rings is 1. The van der Waals surface area contributed by atoms with Gasteiger partial charge >= 0.3 is 0 Å². The summed E-state index contributed by atoms with van der Waals surface area (Å²) in [5.74, 6) is 0. The monoisotopic (exact) mass is 339 g/mol. The van der Waals surface area contributed by atoms with E-state index in [4.69, 9.17) is 33.1 Å². The molecule has 0 aliphatic rings. The van der Waals surface area contributed by atoms with Crippen LogP contribution in [0.2, 0.25) is 10.0 Å². The van der Waals surface area contributed by atoms with Crippen molar-refractivity contribution >= 4 is 29.4 Å². The first-order chi connectivity index (χ1) is 10.7. The summed E-state index contributed by atoms with van der Waals surface area (Å²) in [6.07, 6.45) is 6.23. The van der Waals surface area contributed by atoms with Crippen LogP contribution in [0.5, 0.6) is 0 Å². The molecule has 0 aliphatic heterocycles. The molecule has 4 nitrogen and oxygen atoms in total. The van der Waals surface area contributed by atoms with Crippen molar-refractivity contribution in [1.82, 2.24) is 0 Å². The molecule has 0 radical (unpaired) electrons. The topological polar surface area (TPSA) is 45.7 Å². The van der Waals surface area contributed by atoms with E-state index in [2.05, 4.69) is 5.16 Å². The molecule has 22 heavy (non-hydrogen) atoms. The third-order valence-electron chi connectivity index (χ3n) is 3.04. The lowest BCUT2D eigenvalue weighted by molar-refractivity contribution is -0.697. The van der Waals surface area contributed by atoms with E-state index in [0.29, 0.717) is 10.0 Å². The fraction of sp³-hybridized carbons (Fsp3) is 0.250. The molecule has 1 aromatic carbocycles. The molecule has 0 spiro atoms. The molecule has 1 N–H and O–H groups in total. The molecule has 1 heterocycles. The number of halogens is 2. The molecular weight excluding hydrogens is 323 g/mol. The number of aromatic nitrogens is 1. The van der Waals surface area contributed by atoms with E-state index < -0.39 is 0 Å². The van der Waals surface area contributed by atoms with Crippen LogP contribution in [0.15, 0.2) is 47.9 Å². The van der Waals surface area contributed by atoms with Crippen LogP contribution in [0.3, 0.4) is 0 Å². The Labute approximate surface area is 139 Å². The van der Waals surface area contributed by atoms with Crippen molar-refractivity contribution in [1.29, 1.82) is 0 Å². The second kappa shape index (κ2) is 8.73. The third kappa shape index (κ3) is 4.98.